The second kappa shape index (κ2) is 10.6. The molecule has 1 unspecified atom stereocenters. The molecule has 4 fully saturated rings. The fourth-order valence-corrected chi connectivity index (χ4v) is 12.6. The first-order valence-electron chi connectivity index (χ1n) is 18.6. The van der Waals surface area contributed by atoms with Crippen molar-refractivity contribution in [1.82, 2.24) is 0 Å². The summed E-state index contributed by atoms with van der Waals surface area (Å²) >= 11 is 1.89. The van der Waals surface area contributed by atoms with Crippen molar-refractivity contribution in [2.75, 3.05) is 4.90 Å². The molecule has 1 atom stereocenters. The molecule has 1 heterocycles. The molecule has 1 nitrogen and oxygen atoms in total. The number of benzene rings is 5. The van der Waals surface area contributed by atoms with E-state index < -0.39 is 0 Å². The molecule has 4 saturated carbocycles. The normalized spacial score (nSPS) is 27.7. The summed E-state index contributed by atoms with van der Waals surface area (Å²) in [6, 6.07) is 43.5. The fraction of sp³-hybridized carbons (Fsp3) is 0.277. The molecule has 6 aliphatic carbocycles. The third kappa shape index (κ3) is 4.10. The molecule has 1 aromatic heterocycles. The molecule has 0 amide bonds. The lowest BCUT2D eigenvalue weighted by Crippen LogP contribution is -2.55. The summed E-state index contributed by atoms with van der Waals surface area (Å²) in [5, 5.41) is 2.70. The first-order chi connectivity index (χ1) is 24.1. The standard InChI is InChI=1S/C47H41NS/c1-29-11-19-43-41(21-29)42-28-38(17-20-44(42)47(43)34-23-30-22-31(25-34)26-35(47)24-30)48(36-7-3-2-4-8-36)37-15-12-32(13-16-37)33-14-18-40-39-9-5-6-10-45(39)49-46(40)27-33/h2-10,12-21,27-31,34-35H,11,22-26H2,1H3. The molecule has 0 aliphatic heterocycles. The zero-order valence-corrected chi connectivity index (χ0v) is 28.9. The van der Waals surface area contributed by atoms with Crippen LogP contribution in [0.4, 0.5) is 17.1 Å². The molecule has 1 spiro atoms. The summed E-state index contributed by atoms with van der Waals surface area (Å²) in [5.41, 5.74) is 12.8. The van der Waals surface area contributed by atoms with E-state index in [4.69, 9.17) is 0 Å². The third-order valence-electron chi connectivity index (χ3n) is 13.2. The van der Waals surface area contributed by atoms with Gasteiger partial charge in [-0.2, -0.15) is 0 Å². The second-order valence-corrected chi connectivity index (χ2v) is 16.9. The second-order valence-electron chi connectivity index (χ2n) is 15.8. The van der Waals surface area contributed by atoms with Crippen molar-refractivity contribution in [2.45, 2.75) is 50.9 Å². The van der Waals surface area contributed by atoms with Gasteiger partial charge in [0, 0.05) is 42.6 Å². The number of anilines is 3. The lowest BCUT2D eigenvalue weighted by molar-refractivity contribution is -0.0402. The third-order valence-corrected chi connectivity index (χ3v) is 14.3. The minimum Gasteiger partial charge on any atom is -0.310 e. The van der Waals surface area contributed by atoms with Crippen LogP contribution in [0, 0.1) is 29.6 Å². The molecular formula is C47H41NS. The van der Waals surface area contributed by atoms with E-state index in [1.54, 1.807) is 16.7 Å². The van der Waals surface area contributed by atoms with Gasteiger partial charge in [-0.05, 0) is 150 Å². The fourth-order valence-electron chi connectivity index (χ4n) is 11.4. The maximum Gasteiger partial charge on any atom is 0.0468 e. The predicted molar refractivity (Wildman–Crippen MR) is 208 cm³/mol. The van der Waals surface area contributed by atoms with Gasteiger partial charge in [0.15, 0.2) is 0 Å². The number of thiophene rings is 1. The lowest BCUT2D eigenvalue weighted by Gasteiger charge is -2.61. The van der Waals surface area contributed by atoms with E-state index in [9.17, 15) is 0 Å². The first kappa shape index (κ1) is 28.4. The van der Waals surface area contributed by atoms with Gasteiger partial charge >= 0.3 is 0 Å². The van der Waals surface area contributed by atoms with E-state index in [1.807, 2.05) is 11.3 Å². The first-order valence-corrected chi connectivity index (χ1v) is 19.4. The number of rotatable bonds is 4. The van der Waals surface area contributed by atoms with Crippen molar-refractivity contribution in [2.24, 2.45) is 29.6 Å². The average Bonchev–Trinajstić information content (AvgIpc) is 3.64. The average molecular weight is 652 g/mol. The number of hydrogen-bond acceptors (Lipinski definition) is 2. The summed E-state index contributed by atoms with van der Waals surface area (Å²) in [7, 11) is 0. The van der Waals surface area contributed by atoms with Crippen LogP contribution in [0.5, 0.6) is 0 Å². The zero-order chi connectivity index (χ0) is 32.3. The highest BCUT2D eigenvalue weighted by Gasteiger charge is 2.62. The Morgan fingerprint density at radius 1 is 0.612 bits per heavy atom. The van der Waals surface area contributed by atoms with Crippen LogP contribution in [-0.4, -0.2) is 0 Å². The van der Waals surface area contributed by atoms with Crippen LogP contribution in [0.1, 0.15) is 56.6 Å². The monoisotopic (exact) mass is 651 g/mol. The van der Waals surface area contributed by atoms with Crippen LogP contribution in [0.2, 0.25) is 0 Å². The summed E-state index contributed by atoms with van der Waals surface area (Å²) in [5.74, 6) is 4.14. The van der Waals surface area contributed by atoms with Gasteiger partial charge in [0.1, 0.15) is 0 Å². The van der Waals surface area contributed by atoms with E-state index >= 15 is 0 Å². The highest BCUT2D eigenvalue weighted by molar-refractivity contribution is 7.25. The largest absolute Gasteiger partial charge is 0.310 e. The van der Waals surface area contributed by atoms with Gasteiger partial charge in [0.05, 0.1) is 0 Å². The maximum absolute atomic E-state index is 2.69. The highest BCUT2D eigenvalue weighted by atomic mass is 32.1. The molecule has 0 saturated heterocycles. The van der Waals surface area contributed by atoms with Gasteiger partial charge in [-0.1, -0.05) is 85.8 Å². The Bertz CT molecular complexity index is 2310. The van der Waals surface area contributed by atoms with Gasteiger partial charge in [0.2, 0.25) is 0 Å². The zero-order valence-electron chi connectivity index (χ0n) is 28.1. The summed E-state index contributed by atoms with van der Waals surface area (Å²) in [6.45, 7) is 2.40. The Hall–Kier alpha value is -4.40. The topological polar surface area (TPSA) is 3.24 Å². The molecule has 0 radical (unpaired) electrons. The Labute approximate surface area is 293 Å². The van der Waals surface area contributed by atoms with E-state index in [2.05, 4.69) is 139 Å². The number of allylic oxidation sites excluding steroid dienone is 4. The molecule has 0 N–H and O–H groups in total. The SMILES string of the molecule is CC1C=C2C(=CC1)C1(c3ccc(N(c4ccccc4)c4ccc(-c5ccc6c(c5)sc5ccccc56)cc4)cc32)C2CC3CC(C2)CC1C3. The van der Waals surface area contributed by atoms with Gasteiger partial charge < -0.3 is 4.90 Å². The number of fused-ring (bicyclic) bond motifs is 6. The van der Waals surface area contributed by atoms with E-state index in [1.165, 1.54) is 92.4 Å². The van der Waals surface area contributed by atoms with Crippen LogP contribution in [0.25, 0.3) is 36.9 Å². The van der Waals surface area contributed by atoms with E-state index in [0.29, 0.717) is 5.92 Å². The Morgan fingerprint density at radius 2 is 1.29 bits per heavy atom. The van der Waals surface area contributed by atoms with Crippen molar-refractivity contribution in [3.05, 3.63) is 144 Å². The molecule has 240 valence electrons. The summed E-state index contributed by atoms with van der Waals surface area (Å²) in [4.78, 5) is 2.47. The van der Waals surface area contributed by atoms with Crippen molar-refractivity contribution in [3.63, 3.8) is 0 Å². The molecular weight excluding hydrogens is 611 g/mol. The number of hydrogen-bond donors (Lipinski definition) is 0. The Kier molecular flexibility index (Phi) is 6.12. The van der Waals surface area contributed by atoms with Gasteiger partial charge in [-0.25, -0.2) is 0 Å². The minimum absolute atomic E-state index is 0.238. The molecule has 6 aliphatic rings. The maximum atomic E-state index is 2.69. The molecule has 4 bridgehead atoms. The Balaban J connectivity index is 1.02. The van der Waals surface area contributed by atoms with Crippen LogP contribution >= 0.6 is 11.3 Å². The van der Waals surface area contributed by atoms with Crippen LogP contribution in [0.3, 0.4) is 0 Å². The minimum atomic E-state index is 0.238. The predicted octanol–water partition coefficient (Wildman–Crippen LogP) is 13.2. The van der Waals surface area contributed by atoms with Crippen molar-refractivity contribution < 1.29 is 0 Å². The van der Waals surface area contributed by atoms with E-state index in [-0.39, 0.29) is 5.41 Å². The van der Waals surface area contributed by atoms with Crippen LogP contribution in [0.15, 0.2) is 133 Å². The van der Waals surface area contributed by atoms with Crippen molar-refractivity contribution in [3.8, 4) is 11.1 Å². The van der Waals surface area contributed by atoms with Crippen molar-refractivity contribution >= 4 is 54.1 Å². The highest BCUT2D eigenvalue weighted by Crippen LogP contribution is 2.70. The molecule has 49 heavy (non-hydrogen) atoms. The number of nitrogens with zero attached hydrogens (tertiary/aromatic N) is 1. The quantitative estimate of drug-likeness (QED) is 0.183. The van der Waals surface area contributed by atoms with Gasteiger partial charge in [0.25, 0.3) is 0 Å². The van der Waals surface area contributed by atoms with Crippen molar-refractivity contribution in [1.29, 1.82) is 0 Å². The van der Waals surface area contributed by atoms with Crippen LogP contribution < -0.4 is 4.90 Å². The Morgan fingerprint density at radius 3 is 2.08 bits per heavy atom. The molecule has 6 aromatic rings. The van der Waals surface area contributed by atoms with Gasteiger partial charge in [-0.15, -0.1) is 11.3 Å². The van der Waals surface area contributed by atoms with E-state index in [0.717, 1.165) is 23.7 Å². The molecule has 2 heteroatoms. The van der Waals surface area contributed by atoms with Crippen LogP contribution in [-0.2, 0) is 5.41 Å². The molecule has 12 rings (SSSR count). The summed E-state index contributed by atoms with van der Waals surface area (Å²) < 4.78 is 2.71. The smallest absolute Gasteiger partial charge is 0.0468 e. The number of para-hydroxylation sites is 1. The summed E-state index contributed by atoms with van der Waals surface area (Å²) in [6.07, 6.45) is 13.8. The molecule has 5 aromatic carbocycles. The lowest BCUT2D eigenvalue weighted by atomic mass is 9.43. The van der Waals surface area contributed by atoms with Gasteiger partial charge in [-0.3, -0.25) is 0 Å².